The Bertz CT molecular complexity index is 298. The van der Waals surface area contributed by atoms with E-state index in [0.29, 0.717) is 0 Å². The number of hydrogen-bond donors (Lipinski definition) is 3. The molecule has 0 bridgehead atoms. The molecule has 84 valence electrons. The second kappa shape index (κ2) is 4.26. The molecule has 7 heteroatoms. The zero-order valence-corrected chi connectivity index (χ0v) is 8.05. The molecule has 0 aromatic carbocycles. The lowest BCUT2D eigenvalue weighted by atomic mass is 9.99. The minimum Gasteiger partial charge on any atom is -0.481 e. The Labute approximate surface area is 86.0 Å². The van der Waals surface area contributed by atoms with Gasteiger partial charge in [-0.25, -0.2) is 0 Å². The van der Waals surface area contributed by atoms with Gasteiger partial charge in [0.1, 0.15) is 0 Å². The molecule has 2 amide bonds. The van der Waals surface area contributed by atoms with Gasteiger partial charge in [0.2, 0.25) is 11.8 Å². The van der Waals surface area contributed by atoms with Crippen LogP contribution < -0.4 is 11.5 Å². The molecule has 7 nitrogen and oxygen atoms in total. The molecule has 1 saturated heterocycles. The highest BCUT2D eigenvalue weighted by Crippen LogP contribution is 2.16. The second-order valence-corrected chi connectivity index (χ2v) is 3.56. The van der Waals surface area contributed by atoms with Gasteiger partial charge in [0.05, 0.1) is 18.4 Å². The van der Waals surface area contributed by atoms with Crippen molar-refractivity contribution in [1.82, 2.24) is 4.90 Å². The smallest absolute Gasteiger partial charge is 0.310 e. The lowest BCUT2D eigenvalue weighted by Crippen LogP contribution is -2.57. The molecule has 1 aliphatic heterocycles. The molecular weight excluding hydrogens is 202 g/mol. The van der Waals surface area contributed by atoms with Gasteiger partial charge in [-0.3, -0.25) is 14.4 Å². The van der Waals surface area contributed by atoms with Gasteiger partial charge in [-0.2, -0.15) is 0 Å². The molecule has 1 heterocycles. The van der Waals surface area contributed by atoms with E-state index >= 15 is 0 Å². The van der Waals surface area contributed by atoms with Crippen molar-refractivity contribution in [1.29, 1.82) is 0 Å². The van der Waals surface area contributed by atoms with Crippen molar-refractivity contribution < 1.29 is 19.5 Å². The van der Waals surface area contributed by atoms with Crippen LogP contribution in [0.2, 0.25) is 0 Å². The second-order valence-electron chi connectivity index (χ2n) is 3.56. The van der Waals surface area contributed by atoms with Gasteiger partial charge in [-0.1, -0.05) is 0 Å². The number of aliphatic carboxylic acids is 1. The lowest BCUT2D eigenvalue weighted by molar-refractivity contribution is -0.153. The molecule has 1 atom stereocenters. The quantitative estimate of drug-likeness (QED) is 0.487. The molecule has 0 saturated carbocycles. The third-order valence-electron chi connectivity index (χ3n) is 2.28. The maximum atomic E-state index is 11.4. The summed E-state index contributed by atoms with van der Waals surface area (Å²) in [5, 5.41) is 8.57. The number of carbonyl (C=O) groups is 3. The highest BCUT2D eigenvalue weighted by molar-refractivity contribution is 5.89. The van der Waals surface area contributed by atoms with Crippen molar-refractivity contribution in [3.63, 3.8) is 0 Å². The van der Waals surface area contributed by atoms with Crippen molar-refractivity contribution in [3.8, 4) is 0 Å². The number of carbonyl (C=O) groups excluding carboxylic acids is 2. The van der Waals surface area contributed by atoms with Crippen LogP contribution in [0, 0.1) is 5.92 Å². The van der Waals surface area contributed by atoms with E-state index in [-0.39, 0.29) is 19.5 Å². The normalized spacial score (nSPS) is 18.1. The Morgan fingerprint density at radius 3 is 2.33 bits per heavy atom. The van der Waals surface area contributed by atoms with Gasteiger partial charge in [0.15, 0.2) is 0 Å². The summed E-state index contributed by atoms with van der Waals surface area (Å²) >= 11 is 0. The number of rotatable bonds is 4. The number of nitrogens with zero attached hydrogens (tertiary/aromatic N) is 1. The summed E-state index contributed by atoms with van der Waals surface area (Å²) in [6.07, 6.45) is -0.215. The lowest BCUT2D eigenvalue weighted by Gasteiger charge is -2.37. The number of amides is 2. The first-order chi connectivity index (χ1) is 6.91. The average Bonchev–Trinajstić information content (AvgIpc) is 1.98. The highest BCUT2D eigenvalue weighted by atomic mass is 16.4. The zero-order valence-electron chi connectivity index (χ0n) is 8.05. The van der Waals surface area contributed by atoms with E-state index in [4.69, 9.17) is 16.6 Å². The summed E-state index contributed by atoms with van der Waals surface area (Å²) in [5.41, 5.74) is 10.3. The Morgan fingerprint density at radius 1 is 1.40 bits per heavy atom. The molecule has 0 aliphatic carbocycles. The summed E-state index contributed by atoms with van der Waals surface area (Å²) in [6, 6.07) is -0.961. The fraction of sp³-hybridized carbons (Fsp3) is 0.625. The molecule has 0 aromatic heterocycles. The van der Waals surface area contributed by atoms with Crippen molar-refractivity contribution >= 4 is 17.8 Å². The molecule has 15 heavy (non-hydrogen) atoms. The van der Waals surface area contributed by atoms with Crippen LogP contribution in [0.15, 0.2) is 0 Å². The summed E-state index contributed by atoms with van der Waals surface area (Å²) < 4.78 is 0. The van der Waals surface area contributed by atoms with Crippen molar-refractivity contribution in [2.75, 3.05) is 13.1 Å². The van der Waals surface area contributed by atoms with Crippen LogP contribution in [0.1, 0.15) is 6.42 Å². The summed E-state index contributed by atoms with van der Waals surface area (Å²) in [4.78, 5) is 33.7. The Kier molecular flexibility index (Phi) is 3.25. The SMILES string of the molecule is NC(=O)CC(N)C(=O)N1CC(C(=O)O)C1. The molecule has 1 rings (SSSR count). The van der Waals surface area contributed by atoms with Gasteiger partial charge >= 0.3 is 5.97 Å². The van der Waals surface area contributed by atoms with Crippen molar-refractivity contribution in [2.45, 2.75) is 12.5 Å². The predicted octanol–water partition coefficient (Wildman–Crippen LogP) is -2.27. The molecule has 0 spiro atoms. The topological polar surface area (TPSA) is 127 Å². The molecule has 0 radical (unpaired) electrons. The summed E-state index contributed by atoms with van der Waals surface area (Å²) in [5.74, 6) is -2.52. The van der Waals surface area contributed by atoms with E-state index in [1.165, 1.54) is 4.90 Å². The van der Waals surface area contributed by atoms with Crippen LogP contribution in [0.4, 0.5) is 0 Å². The zero-order chi connectivity index (χ0) is 11.6. The molecule has 0 aromatic rings. The third-order valence-corrected chi connectivity index (χ3v) is 2.28. The van der Waals surface area contributed by atoms with Gasteiger partial charge in [-0.15, -0.1) is 0 Å². The first-order valence-electron chi connectivity index (χ1n) is 4.47. The van der Waals surface area contributed by atoms with Crippen LogP contribution in [0.5, 0.6) is 0 Å². The summed E-state index contributed by atoms with van der Waals surface area (Å²) in [7, 11) is 0. The van der Waals surface area contributed by atoms with E-state index in [1.54, 1.807) is 0 Å². The van der Waals surface area contributed by atoms with Crippen LogP contribution in [0.3, 0.4) is 0 Å². The Hall–Kier alpha value is -1.63. The first kappa shape index (κ1) is 11.4. The third kappa shape index (κ3) is 2.66. The molecular formula is C8H13N3O4. The number of nitrogens with two attached hydrogens (primary N) is 2. The van der Waals surface area contributed by atoms with Gasteiger partial charge in [-0.05, 0) is 0 Å². The van der Waals surface area contributed by atoms with E-state index in [1.807, 2.05) is 0 Å². The Morgan fingerprint density at radius 2 is 1.93 bits per heavy atom. The highest BCUT2D eigenvalue weighted by Gasteiger charge is 2.37. The van der Waals surface area contributed by atoms with Crippen LogP contribution in [0.25, 0.3) is 0 Å². The first-order valence-corrected chi connectivity index (χ1v) is 4.47. The monoisotopic (exact) mass is 215 g/mol. The minimum absolute atomic E-state index is 0.153. The van der Waals surface area contributed by atoms with Crippen LogP contribution in [-0.2, 0) is 14.4 Å². The minimum atomic E-state index is -0.961. The number of carboxylic acids is 1. The maximum absolute atomic E-state index is 11.4. The standard InChI is InChI=1S/C8H13N3O4/c9-5(1-6(10)12)7(13)11-2-4(3-11)8(14)15/h4-5H,1-3,9H2,(H2,10,12)(H,14,15). The van der Waals surface area contributed by atoms with Crippen molar-refractivity contribution in [2.24, 2.45) is 17.4 Å². The van der Waals surface area contributed by atoms with E-state index in [0.717, 1.165) is 0 Å². The maximum Gasteiger partial charge on any atom is 0.310 e. The fourth-order valence-electron chi connectivity index (χ4n) is 1.35. The van der Waals surface area contributed by atoms with Crippen molar-refractivity contribution in [3.05, 3.63) is 0 Å². The molecule has 5 N–H and O–H groups in total. The number of likely N-dealkylation sites (tertiary alicyclic amines) is 1. The van der Waals surface area contributed by atoms with E-state index in [2.05, 4.69) is 0 Å². The predicted molar refractivity (Wildman–Crippen MR) is 49.5 cm³/mol. The van der Waals surface area contributed by atoms with E-state index in [9.17, 15) is 14.4 Å². The van der Waals surface area contributed by atoms with Gasteiger partial charge in [0, 0.05) is 13.1 Å². The number of carboxylic acid groups (broad SMARTS) is 1. The largest absolute Gasteiger partial charge is 0.481 e. The molecule has 1 unspecified atom stereocenters. The average molecular weight is 215 g/mol. The van der Waals surface area contributed by atoms with Gasteiger partial charge < -0.3 is 21.5 Å². The number of primary amides is 1. The summed E-state index contributed by atoms with van der Waals surface area (Å²) in [6.45, 7) is 0.307. The van der Waals surface area contributed by atoms with Gasteiger partial charge in [0.25, 0.3) is 0 Å². The van der Waals surface area contributed by atoms with E-state index < -0.39 is 29.7 Å². The fourth-order valence-corrected chi connectivity index (χ4v) is 1.35. The number of hydrogen-bond acceptors (Lipinski definition) is 4. The van der Waals surface area contributed by atoms with Crippen LogP contribution in [-0.4, -0.2) is 46.9 Å². The molecule has 1 fully saturated rings. The Balaban J connectivity index is 2.37. The molecule has 1 aliphatic rings. The van der Waals surface area contributed by atoms with Crippen LogP contribution >= 0.6 is 0 Å².